The number of nitrogens with one attached hydrogen (secondary N) is 1. The zero-order chi connectivity index (χ0) is 14.5. The van der Waals surface area contributed by atoms with Gasteiger partial charge in [-0.1, -0.05) is 0 Å². The molecule has 0 radical (unpaired) electrons. The molecule has 1 fully saturated rings. The van der Waals surface area contributed by atoms with Crippen molar-refractivity contribution in [2.75, 3.05) is 26.3 Å². The summed E-state index contributed by atoms with van der Waals surface area (Å²) < 4.78 is 5.23. The number of nitrogens with zero attached hydrogens (tertiary/aromatic N) is 1. The summed E-state index contributed by atoms with van der Waals surface area (Å²) in [5.41, 5.74) is 5.72. The molecule has 0 spiro atoms. The van der Waals surface area contributed by atoms with Crippen LogP contribution in [0.3, 0.4) is 0 Å². The molecule has 0 aromatic carbocycles. The number of rotatable bonds is 5. The number of amides is 2. The molecule has 2 amide bonds. The van der Waals surface area contributed by atoms with Crippen LogP contribution in [0.5, 0.6) is 0 Å². The Hall–Kier alpha value is -1.44. The molecule has 6 nitrogen and oxygen atoms in total. The molecule has 7 heteroatoms. The monoisotopic (exact) mass is 297 g/mol. The molecule has 0 bridgehead atoms. The number of primary amides is 1. The van der Waals surface area contributed by atoms with Crippen molar-refractivity contribution in [3.63, 3.8) is 0 Å². The van der Waals surface area contributed by atoms with Gasteiger partial charge in [0.1, 0.15) is 0 Å². The molecule has 0 saturated carbocycles. The highest BCUT2D eigenvalue weighted by atomic mass is 32.1. The van der Waals surface area contributed by atoms with Crippen LogP contribution < -0.4 is 11.1 Å². The number of ether oxygens (including phenoxy) is 1. The summed E-state index contributed by atoms with van der Waals surface area (Å²) in [7, 11) is 0. The van der Waals surface area contributed by atoms with Gasteiger partial charge in [-0.2, -0.15) is 0 Å². The van der Waals surface area contributed by atoms with Crippen molar-refractivity contribution >= 4 is 23.2 Å². The van der Waals surface area contributed by atoms with Gasteiger partial charge >= 0.3 is 0 Å². The maximum absolute atomic E-state index is 12.2. The maximum Gasteiger partial charge on any atom is 0.249 e. The highest BCUT2D eigenvalue weighted by molar-refractivity contribution is 7.10. The molecule has 110 valence electrons. The summed E-state index contributed by atoms with van der Waals surface area (Å²) in [6.45, 7) is 4.90. The predicted octanol–water partition coefficient (Wildman–Crippen LogP) is 0.184. The third kappa shape index (κ3) is 3.78. The summed E-state index contributed by atoms with van der Waals surface area (Å²) in [4.78, 5) is 26.0. The smallest absolute Gasteiger partial charge is 0.249 e. The van der Waals surface area contributed by atoms with Crippen molar-refractivity contribution in [3.05, 3.63) is 21.9 Å². The molecule has 2 rings (SSSR count). The second-order valence-corrected chi connectivity index (χ2v) is 5.70. The number of hydrogen-bond acceptors (Lipinski definition) is 5. The molecule has 1 aromatic heterocycles. The average molecular weight is 297 g/mol. The molecular weight excluding hydrogens is 278 g/mol. The van der Waals surface area contributed by atoms with Gasteiger partial charge in [-0.05, 0) is 13.0 Å². The third-order valence-corrected chi connectivity index (χ3v) is 4.15. The maximum atomic E-state index is 12.2. The highest BCUT2D eigenvalue weighted by Crippen LogP contribution is 2.14. The van der Waals surface area contributed by atoms with E-state index >= 15 is 0 Å². The number of thiophene rings is 1. The average Bonchev–Trinajstić information content (AvgIpc) is 2.94. The molecule has 2 heterocycles. The molecule has 1 aromatic rings. The van der Waals surface area contributed by atoms with Gasteiger partial charge in [-0.3, -0.25) is 9.59 Å². The van der Waals surface area contributed by atoms with Crippen molar-refractivity contribution < 1.29 is 14.3 Å². The SMILES string of the molecule is CC(NCc1cc(C(N)=O)cs1)C(=O)N1CCOCC1. The lowest BCUT2D eigenvalue weighted by molar-refractivity contribution is -0.137. The third-order valence-electron chi connectivity index (χ3n) is 3.21. The van der Waals surface area contributed by atoms with Crippen molar-refractivity contribution in [3.8, 4) is 0 Å². The Kier molecular flexibility index (Phi) is 5.11. The number of carbonyl (C=O) groups excluding carboxylic acids is 2. The second kappa shape index (κ2) is 6.83. The van der Waals surface area contributed by atoms with Gasteiger partial charge in [0.25, 0.3) is 0 Å². The first-order valence-electron chi connectivity index (χ1n) is 6.55. The van der Waals surface area contributed by atoms with Crippen molar-refractivity contribution in [1.82, 2.24) is 10.2 Å². The van der Waals surface area contributed by atoms with Crippen LogP contribution in [-0.2, 0) is 16.1 Å². The molecule has 1 aliphatic heterocycles. The fourth-order valence-electron chi connectivity index (χ4n) is 2.00. The quantitative estimate of drug-likeness (QED) is 0.812. The molecule has 1 unspecified atom stereocenters. The van der Waals surface area contributed by atoms with Crippen molar-refractivity contribution in [2.24, 2.45) is 5.73 Å². The summed E-state index contributed by atoms with van der Waals surface area (Å²) in [6, 6.07) is 1.50. The summed E-state index contributed by atoms with van der Waals surface area (Å²) in [5, 5.41) is 4.90. The number of nitrogens with two attached hydrogens (primary N) is 1. The number of morpholine rings is 1. The molecular formula is C13H19N3O3S. The van der Waals surface area contributed by atoms with Gasteiger partial charge in [0.05, 0.1) is 24.8 Å². The van der Waals surface area contributed by atoms with E-state index in [0.717, 1.165) is 4.88 Å². The Balaban J connectivity index is 1.82. The predicted molar refractivity (Wildman–Crippen MR) is 76.5 cm³/mol. The van der Waals surface area contributed by atoms with Crippen LogP contribution in [-0.4, -0.2) is 49.1 Å². The topological polar surface area (TPSA) is 84.7 Å². The largest absolute Gasteiger partial charge is 0.378 e. The molecule has 20 heavy (non-hydrogen) atoms. The van der Waals surface area contributed by atoms with Crippen LogP contribution in [0.1, 0.15) is 22.2 Å². The summed E-state index contributed by atoms with van der Waals surface area (Å²) >= 11 is 1.46. The van der Waals surface area contributed by atoms with Crippen LogP contribution in [0.4, 0.5) is 0 Å². The van der Waals surface area contributed by atoms with E-state index in [1.807, 2.05) is 11.8 Å². The van der Waals surface area contributed by atoms with Crippen LogP contribution in [0.15, 0.2) is 11.4 Å². The molecule has 1 aliphatic rings. The minimum atomic E-state index is -0.426. The summed E-state index contributed by atoms with van der Waals surface area (Å²) in [5.74, 6) is -0.343. The lowest BCUT2D eigenvalue weighted by Gasteiger charge is -2.29. The lowest BCUT2D eigenvalue weighted by atomic mass is 10.2. The van der Waals surface area contributed by atoms with E-state index in [4.69, 9.17) is 10.5 Å². The van der Waals surface area contributed by atoms with Gasteiger partial charge in [0, 0.05) is 29.9 Å². The Morgan fingerprint density at radius 2 is 2.20 bits per heavy atom. The molecule has 3 N–H and O–H groups in total. The fraction of sp³-hybridized carbons (Fsp3) is 0.538. The van der Waals surface area contributed by atoms with E-state index in [1.165, 1.54) is 11.3 Å². The zero-order valence-electron chi connectivity index (χ0n) is 11.4. The molecule has 1 atom stereocenters. The van der Waals surface area contributed by atoms with E-state index in [-0.39, 0.29) is 11.9 Å². The minimum absolute atomic E-state index is 0.0833. The first kappa shape index (κ1) is 15.0. The normalized spacial score (nSPS) is 16.9. The lowest BCUT2D eigenvalue weighted by Crippen LogP contribution is -2.48. The van der Waals surface area contributed by atoms with Crippen LogP contribution in [0.2, 0.25) is 0 Å². The summed E-state index contributed by atoms with van der Waals surface area (Å²) in [6.07, 6.45) is 0. The standard InChI is InChI=1S/C13H19N3O3S/c1-9(13(18)16-2-4-19-5-3-16)15-7-11-6-10(8-20-11)12(14)17/h6,8-9,15H,2-5,7H2,1H3,(H2,14,17). The van der Waals surface area contributed by atoms with E-state index in [0.29, 0.717) is 38.4 Å². The fourth-order valence-corrected chi connectivity index (χ4v) is 2.83. The first-order valence-corrected chi connectivity index (χ1v) is 7.43. The molecule has 0 aliphatic carbocycles. The van der Waals surface area contributed by atoms with Crippen LogP contribution in [0.25, 0.3) is 0 Å². The highest BCUT2D eigenvalue weighted by Gasteiger charge is 2.22. The van der Waals surface area contributed by atoms with Crippen molar-refractivity contribution in [2.45, 2.75) is 19.5 Å². The van der Waals surface area contributed by atoms with Gasteiger partial charge in [-0.15, -0.1) is 11.3 Å². The van der Waals surface area contributed by atoms with Gasteiger partial charge in [0.2, 0.25) is 11.8 Å². The Labute approximate surface area is 121 Å². The van der Waals surface area contributed by atoms with Gasteiger partial charge in [0.15, 0.2) is 0 Å². The Morgan fingerprint density at radius 1 is 1.50 bits per heavy atom. The van der Waals surface area contributed by atoms with Gasteiger partial charge in [-0.25, -0.2) is 0 Å². The van der Waals surface area contributed by atoms with E-state index in [1.54, 1.807) is 11.4 Å². The van der Waals surface area contributed by atoms with Crippen LogP contribution in [0, 0.1) is 0 Å². The first-order chi connectivity index (χ1) is 9.58. The van der Waals surface area contributed by atoms with E-state index in [9.17, 15) is 9.59 Å². The molecule has 1 saturated heterocycles. The minimum Gasteiger partial charge on any atom is -0.378 e. The number of hydrogen-bond donors (Lipinski definition) is 2. The van der Waals surface area contributed by atoms with E-state index in [2.05, 4.69) is 5.32 Å². The van der Waals surface area contributed by atoms with Gasteiger partial charge < -0.3 is 20.7 Å². The van der Waals surface area contributed by atoms with Crippen LogP contribution >= 0.6 is 11.3 Å². The number of carbonyl (C=O) groups is 2. The zero-order valence-corrected chi connectivity index (χ0v) is 12.2. The Bertz CT molecular complexity index is 483. The van der Waals surface area contributed by atoms with Crippen molar-refractivity contribution in [1.29, 1.82) is 0 Å². The van der Waals surface area contributed by atoms with E-state index < -0.39 is 5.91 Å². The Morgan fingerprint density at radius 3 is 2.80 bits per heavy atom. The second-order valence-electron chi connectivity index (χ2n) is 4.71.